The first-order valence-corrected chi connectivity index (χ1v) is 11.0. The minimum Gasteiger partial charge on any atom is -0.425 e. The summed E-state index contributed by atoms with van der Waals surface area (Å²) >= 11 is 0. The van der Waals surface area contributed by atoms with Gasteiger partial charge in [0.1, 0.15) is 17.4 Å². The summed E-state index contributed by atoms with van der Waals surface area (Å²) in [6.45, 7) is 5.48. The Labute approximate surface area is 174 Å². The number of carbonyl (C=O) groups excluding carboxylic acids is 1. The van der Waals surface area contributed by atoms with Crippen molar-refractivity contribution in [3.8, 4) is 5.75 Å². The first-order valence-electron chi connectivity index (χ1n) is 9.54. The van der Waals surface area contributed by atoms with Crippen LogP contribution in [0.2, 0.25) is 0 Å². The number of aryl methyl sites for hydroxylation is 1. The summed E-state index contributed by atoms with van der Waals surface area (Å²) in [5, 5.41) is 0.674. The number of benzene rings is 2. The largest absolute Gasteiger partial charge is 0.425 e. The monoisotopic (exact) mass is 429 g/mol. The van der Waals surface area contributed by atoms with Gasteiger partial charge in [-0.2, -0.15) is 4.72 Å². The fourth-order valence-electron chi connectivity index (χ4n) is 2.87. The number of esters is 1. The molecule has 0 radical (unpaired) electrons. The standard InChI is InChI=1S/C22H23NO6S/c1-4-15(3)21(23-30(26,27)18-10-5-14(2)6-11-18)22(25)28-17-9-7-16-8-12-20(24)29-19(16)13-17/h5-13,15,21,23H,4H2,1-3H3/t15-,21+/m0/s1. The van der Waals surface area contributed by atoms with E-state index in [-0.39, 0.29) is 22.1 Å². The van der Waals surface area contributed by atoms with E-state index in [0.717, 1.165) is 5.56 Å². The van der Waals surface area contributed by atoms with Gasteiger partial charge in [0.2, 0.25) is 10.0 Å². The molecule has 8 heteroatoms. The molecule has 7 nitrogen and oxygen atoms in total. The quantitative estimate of drug-likeness (QED) is 0.351. The Balaban J connectivity index is 1.85. The molecule has 2 atom stereocenters. The van der Waals surface area contributed by atoms with Crippen LogP contribution in [-0.2, 0) is 14.8 Å². The molecular formula is C22H23NO6S. The second-order valence-electron chi connectivity index (χ2n) is 7.17. The van der Waals surface area contributed by atoms with Crippen molar-refractivity contribution in [2.75, 3.05) is 0 Å². The van der Waals surface area contributed by atoms with Crippen molar-refractivity contribution in [3.63, 3.8) is 0 Å². The normalized spacial score (nSPS) is 13.7. The van der Waals surface area contributed by atoms with E-state index < -0.39 is 27.7 Å². The topological polar surface area (TPSA) is 103 Å². The van der Waals surface area contributed by atoms with Gasteiger partial charge in [-0.25, -0.2) is 18.0 Å². The second-order valence-corrected chi connectivity index (χ2v) is 8.89. The maximum absolute atomic E-state index is 12.8. The van der Waals surface area contributed by atoms with Crippen LogP contribution in [0.25, 0.3) is 11.0 Å². The number of fused-ring (bicyclic) bond motifs is 1. The number of carbonyl (C=O) groups is 1. The minimum absolute atomic E-state index is 0.0710. The molecule has 0 saturated heterocycles. The van der Waals surface area contributed by atoms with Crippen molar-refractivity contribution in [2.24, 2.45) is 5.92 Å². The third-order valence-corrected chi connectivity index (χ3v) is 6.35. The molecule has 0 amide bonds. The van der Waals surface area contributed by atoms with E-state index in [1.54, 1.807) is 37.3 Å². The Bertz CT molecular complexity index is 1210. The van der Waals surface area contributed by atoms with Gasteiger partial charge in [-0.15, -0.1) is 0 Å². The van der Waals surface area contributed by atoms with Crippen molar-refractivity contribution in [2.45, 2.75) is 38.1 Å². The molecule has 0 unspecified atom stereocenters. The smallest absolute Gasteiger partial charge is 0.336 e. The molecule has 158 valence electrons. The lowest BCUT2D eigenvalue weighted by Gasteiger charge is -2.22. The van der Waals surface area contributed by atoms with Gasteiger partial charge < -0.3 is 9.15 Å². The Morgan fingerprint density at radius 3 is 2.43 bits per heavy atom. The zero-order valence-corrected chi connectivity index (χ0v) is 17.7. The first kappa shape index (κ1) is 21.7. The Morgan fingerprint density at radius 2 is 1.77 bits per heavy atom. The maximum Gasteiger partial charge on any atom is 0.336 e. The van der Waals surface area contributed by atoms with Gasteiger partial charge in [-0.1, -0.05) is 38.0 Å². The molecule has 1 aromatic heterocycles. The molecule has 3 aromatic rings. The first-order chi connectivity index (χ1) is 14.2. The van der Waals surface area contributed by atoms with Gasteiger partial charge in [0.25, 0.3) is 0 Å². The lowest BCUT2D eigenvalue weighted by Crippen LogP contribution is -2.46. The van der Waals surface area contributed by atoms with Crippen molar-refractivity contribution < 1.29 is 22.4 Å². The SMILES string of the molecule is CC[C@H](C)[C@@H](NS(=O)(=O)c1ccc(C)cc1)C(=O)Oc1ccc2ccc(=O)oc2c1. The van der Waals surface area contributed by atoms with E-state index in [2.05, 4.69) is 4.72 Å². The Morgan fingerprint density at radius 1 is 1.10 bits per heavy atom. The number of ether oxygens (including phenoxy) is 1. The zero-order chi connectivity index (χ0) is 21.9. The lowest BCUT2D eigenvalue weighted by molar-refractivity contribution is -0.137. The van der Waals surface area contributed by atoms with Crippen molar-refractivity contribution in [1.82, 2.24) is 4.72 Å². The van der Waals surface area contributed by atoms with E-state index in [1.807, 2.05) is 13.8 Å². The van der Waals surface area contributed by atoms with Gasteiger partial charge in [0.15, 0.2) is 0 Å². The number of nitrogens with one attached hydrogen (secondary N) is 1. The van der Waals surface area contributed by atoms with E-state index in [9.17, 15) is 18.0 Å². The molecule has 30 heavy (non-hydrogen) atoms. The van der Waals surface area contributed by atoms with Crippen LogP contribution in [0.4, 0.5) is 0 Å². The highest BCUT2D eigenvalue weighted by Gasteiger charge is 2.31. The number of sulfonamides is 1. The molecule has 0 aliphatic carbocycles. The highest BCUT2D eigenvalue weighted by Crippen LogP contribution is 2.22. The predicted octanol–water partition coefficient (Wildman–Crippen LogP) is 3.40. The van der Waals surface area contributed by atoms with Gasteiger partial charge in [0.05, 0.1) is 4.90 Å². The zero-order valence-electron chi connectivity index (χ0n) is 16.9. The fourth-order valence-corrected chi connectivity index (χ4v) is 4.16. The minimum atomic E-state index is -3.92. The molecule has 0 saturated carbocycles. The average Bonchev–Trinajstić information content (AvgIpc) is 2.71. The Hall–Kier alpha value is -2.97. The number of rotatable bonds is 7. The number of hydrogen-bond acceptors (Lipinski definition) is 6. The third-order valence-electron chi connectivity index (χ3n) is 4.89. The molecule has 1 heterocycles. The van der Waals surface area contributed by atoms with Gasteiger partial charge in [0, 0.05) is 17.5 Å². The molecule has 0 aliphatic rings. The van der Waals surface area contributed by atoms with Gasteiger partial charge in [-0.3, -0.25) is 0 Å². The van der Waals surface area contributed by atoms with Crippen molar-refractivity contribution in [1.29, 1.82) is 0 Å². The van der Waals surface area contributed by atoms with Crippen molar-refractivity contribution in [3.05, 3.63) is 70.6 Å². The summed E-state index contributed by atoms with van der Waals surface area (Å²) in [6.07, 6.45) is 0.558. The van der Waals surface area contributed by atoms with Crippen LogP contribution in [0.15, 0.2) is 68.7 Å². The van der Waals surface area contributed by atoms with E-state index in [0.29, 0.717) is 11.8 Å². The summed E-state index contributed by atoms with van der Waals surface area (Å²) in [5.74, 6) is -0.890. The fraction of sp³-hybridized carbons (Fsp3) is 0.273. The van der Waals surface area contributed by atoms with E-state index in [4.69, 9.17) is 9.15 Å². The van der Waals surface area contributed by atoms with Crippen LogP contribution in [0, 0.1) is 12.8 Å². The van der Waals surface area contributed by atoms with Crippen LogP contribution in [-0.4, -0.2) is 20.4 Å². The van der Waals surface area contributed by atoms with Crippen LogP contribution in [0.3, 0.4) is 0 Å². The molecule has 0 bridgehead atoms. The second kappa shape index (κ2) is 8.81. The van der Waals surface area contributed by atoms with Crippen LogP contribution >= 0.6 is 0 Å². The molecule has 2 aromatic carbocycles. The van der Waals surface area contributed by atoms with E-state index in [1.165, 1.54) is 24.3 Å². The summed E-state index contributed by atoms with van der Waals surface area (Å²) in [5.41, 5.74) is 0.678. The summed E-state index contributed by atoms with van der Waals surface area (Å²) in [7, 11) is -3.92. The highest BCUT2D eigenvalue weighted by atomic mass is 32.2. The van der Waals surface area contributed by atoms with Crippen LogP contribution in [0.1, 0.15) is 25.8 Å². The summed E-state index contributed by atoms with van der Waals surface area (Å²) < 4.78 is 38.5. The van der Waals surface area contributed by atoms with Crippen LogP contribution in [0.5, 0.6) is 5.75 Å². The van der Waals surface area contributed by atoms with Gasteiger partial charge in [-0.05, 0) is 43.2 Å². The summed E-state index contributed by atoms with van der Waals surface area (Å²) in [6, 6.07) is 12.8. The Kier molecular flexibility index (Phi) is 6.38. The molecule has 0 aliphatic heterocycles. The van der Waals surface area contributed by atoms with Crippen molar-refractivity contribution >= 4 is 27.0 Å². The molecule has 0 spiro atoms. The predicted molar refractivity (Wildman–Crippen MR) is 113 cm³/mol. The summed E-state index contributed by atoms with van der Waals surface area (Å²) in [4.78, 5) is 24.3. The third kappa shape index (κ3) is 4.95. The van der Waals surface area contributed by atoms with E-state index >= 15 is 0 Å². The molecule has 1 N–H and O–H groups in total. The average molecular weight is 429 g/mol. The molecular weight excluding hydrogens is 406 g/mol. The molecule has 3 rings (SSSR count). The highest BCUT2D eigenvalue weighted by molar-refractivity contribution is 7.89. The maximum atomic E-state index is 12.8. The number of hydrogen-bond donors (Lipinski definition) is 1. The molecule has 0 fully saturated rings. The lowest BCUT2D eigenvalue weighted by atomic mass is 10.0. The van der Waals surface area contributed by atoms with Gasteiger partial charge >= 0.3 is 11.6 Å². The van der Waals surface area contributed by atoms with Crippen LogP contribution < -0.4 is 15.1 Å².